The van der Waals surface area contributed by atoms with Gasteiger partial charge in [-0.25, -0.2) is 9.37 Å². The molecule has 7 rings (SSSR count). The molecule has 6 nitrogen and oxygen atoms in total. The van der Waals surface area contributed by atoms with E-state index in [1.807, 2.05) is 30.0 Å². The second kappa shape index (κ2) is 8.39. The Bertz CT molecular complexity index is 1400. The van der Waals surface area contributed by atoms with Gasteiger partial charge in [-0.3, -0.25) is 9.47 Å². The van der Waals surface area contributed by atoms with Crippen molar-refractivity contribution in [3.8, 4) is 5.69 Å². The van der Waals surface area contributed by atoms with E-state index in [1.165, 1.54) is 6.07 Å². The molecule has 0 radical (unpaired) electrons. The van der Waals surface area contributed by atoms with E-state index < -0.39 is 12.1 Å². The molecule has 1 spiro atoms. The van der Waals surface area contributed by atoms with Gasteiger partial charge in [-0.15, -0.1) is 10.2 Å². The predicted molar refractivity (Wildman–Crippen MR) is 134 cm³/mol. The minimum atomic E-state index is -4.14. The molecule has 38 heavy (non-hydrogen) atoms. The van der Waals surface area contributed by atoms with Gasteiger partial charge in [0.1, 0.15) is 5.82 Å². The third-order valence-corrected chi connectivity index (χ3v) is 9.13. The molecule has 1 aromatic carbocycles. The van der Waals surface area contributed by atoms with E-state index in [2.05, 4.69) is 24.6 Å². The van der Waals surface area contributed by atoms with Gasteiger partial charge in [0.05, 0.1) is 18.2 Å². The van der Waals surface area contributed by atoms with Crippen molar-refractivity contribution in [1.82, 2.24) is 24.6 Å². The molecule has 0 bridgehead atoms. The summed E-state index contributed by atoms with van der Waals surface area (Å²) in [6.45, 7) is 4.35. The molecule has 11 heteroatoms. The zero-order valence-corrected chi connectivity index (χ0v) is 21.6. The topological polar surface area (TPSA) is 50.1 Å². The van der Waals surface area contributed by atoms with Gasteiger partial charge < -0.3 is 4.90 Å². The first-order valence-corrected chi connectivity index (χ1v) is 13.4. The Kier molecular flexibility index (Phi) is 5.37. The lowest BCUT2D eigenvalue weighted by Crippen LogP contribution is -2.62. The number of aryl methyl sites for hydroxylation is 1. The predicted octanol–water partition coefficient (Wildman–Crippen LogP) is 5.80. The summed E-state index contributed by atoms with van der Waals surface area (Å²) in [4.78, 5) is 8.48. The largest absolute Gasteiger partial charge is 0.391 e. The Morgan fingerprint density at radius 2 is 1.79 bits per heavy atom. The van der Waals surface area contributed by atoms with Crippen LogP contribution in [-0.2, 0) is 13.1 Å². The van der Waals surface area contributed by atoms with Crippen LogP contribution in [0.3, 0.4) is 0 Å². The first kappa shape index (κ1) is 24.3. The fourth-order valence-corrected chi connectivity index (χ4v) is 7.01. The van der Waals surface area contributed by atoms with Gasteiger partial charge in [0.15, 0.2) is 17.5 Å². The molecule has 2 saturated carbocycles. The number of halogens is 5. The Hall–Kier alpha value is -2.72. The van der Waals surface area contributed by atoms with Gasteiger partial charge in [-0.2, -0.15) is 13.2 Å². The Morgan fingerprint density at radius 3 is 2.53 bits per heavy atom. The Balaban J connectivity index is 1.11. The Labute approximate surface area is 222 Å². The summed E-state index contributed by atoms with van der Waals surface area (Å²) in [7, 11) is 0. The molecular weight excluding hydrogens is 520 g/mol. The van der Waals surface area contributed by atoms with E-state index in [0.717, 1.165) is 54.5 Å². The molecule has 0 amide bonds. The van der Waals surface area contributed by atoms with Gasteiger partial charge in [-0.1, -0.05) is 11.6 Å². The van der Waals surface area contributed by atoms with Crippen molar-refractivity contribution in [2.75, 3.05) is 18.0 Å². The van der Waals surface area contributed by atoms with E-state index in [9.17, 15) is 17.6 Å². The van der Waals surface area contributed by atoms with Crippen molar-refractivity contribution >= 4 is 17.4 Å². The van der Waals surface area contributed by atoms with Crippen molar-refractivity contribution in [2.45, 2.75) is 63.8 Å². The highest BCUT2D eigenvalue weighted by atomic mass is 35.5. The first-order valence-electron chi connectivity index (χ1n) is 13.0. The summed E-state index contributed by atoms with van der Waals surface area (Å²) < 4.78 is 55.9. The van der Waals surface area contributed by atoms with Crippen molar-refractivity contribution in [1.29, 1.82) is 0 Å². The SMILES string of the molecule is Cc1ccc(F)c(N2CC3(CC(c4nnc5n4-c4ccc(Cl)cc4CN(C4CC(C(F)(F)F)C4)C5)C3)C2)n1. The van der Waals surface area contributed by atoms with Crippen LogP contribution in [0.15, 0.2) is 30.3 Å². The quantitative estimate of drug-likeness (QED) is 0.388. The number of hydrogen-bond acceptors (Lipinski definition) is 5. The van der Waals surface area contributed by atoms with Crippen molar-refractivity contribution in [2.24, 2.45) is 11.3 Å². The van der Waals surface area contributed by atoms with Crippen LogP contribution in [0, 0.1) is 24.1 Å². The lowest BCUT2D eigenvalue weighted by Gasteiger charge is -2.59. The van der Waals surface area contributed by atoms with Crippen LogP contribution in [0.2, 0.25) is 5.02 Å². The highest BCUT2D eigenvalue weighted by molar-refractivity contribution is 6.30. The summed E-state index contributed by atoms with van der Waals surface area (Å²) >= 11 is 6.33. The van der Waals surface area contributed by atoms with Crippen LogP contribution in [-0.4, -0.2) is 50.0 Å². The summed E-state index contributed by atoms with van der Waals surface area (Å²) in [5.41, 5.74) is 2.83. The maximum atomic E-state index is 14.3. The maximum absolute atomic E-state index is 14.3. The number of alkyl halides is 3. The molecule has 3 aromatic rings. The third kappa shape index (κ3) is 3.90. The fraction of sp³-hybridized carbons (Fsp3) is 0.519. The summed E-state index contributed by atoms with van der Waals surface area (Å²) in [5.74, 6) is 0.735. The zero-order chi connectivity index (χ0) is 26.4. The minimum absolute atomic E-state index is 0.110. The van der Waals surface area contributed by atoms with E-state index >= 15 is 0 Å². The van der Waals surface area contributed by atoms with Crippen LogP contribution in [0.5, 0.6) is 0 Å². The number of anilines is 1. The van der Waals surface area contributed by atoms with E-state index in [-0.39, 0.29) is 36.0 Å². The minimum Gasteiger partial charge on any atom is -0.353 e. The molecule has 2 aliphatic carbocycles. The maximum Gasteiger partial charge on any atom is 0.391 e. The summed E-state index contributed by atoms with van der Waals surface area (Å²) in [5, 5.41) is 9.71. The normalized spacial score (nSPS) is 24.7. The van der Waals surface area contributed by atoms with Crippen LogP contribution in [0.1, 0.15) is 54.5 Å². The summed E-state index contributed by atoms with van der Waals surface area (Å²) in [6.07, 6.45) is -2.07. The first-order chi connectivity index (χ1) is 18.1. The zero-order valence-electron chi connectivity index (χ0n) is 20.8. The molecule has 2 aliphatic heterocycles. The number of hydrogen-bond donors (Lipinski definition) is 0. The second-order valence-corrected chi connectivity index (χ2v) is 12.0. The molecule has 200 valence electrons. The second-order valence-electron chi connectivity index (χ2n) is 11.6. The standard InChI is InChI=1S/C27H27ClF4N6/c1-15-2-4-21(29)25(33-15)37-13-26(14-37)9-17(10-26)24-35-34-23-12-36(20-7-18(8-20)27(30,31)32)11-16-6-19(28)3-5-22(16)38(23)24/h2-6,17-18,20H,7-14H2,1H3. The van der Waals surface area contributed by atoms with Gasteiger partial charge >= 0.3 is 6.18 Å². The van der Waals surface area contributed by atoms with Crippen molar-refractivity contribution in [3.05, 3.63) is 64.1 Å². The highest BCUT2D eigenvalue weighted by Crippen LogP contribution is 2.57. The lowest BCUT2D eigenvalue weighted by molar-refractivity contribution is -0.207. The number of benzene rings is 1. The molecule has 0 atom stereocenters. The smallest absolute Gasteiger partial charge is 0.353 e. The van der Waals surface area contributed by atoms with Crippen molar-refractivity contribution in [3.63, 3.8) is 0 Å². The molecule has 3 fully saturated rings. The van der Waals surface area contributed by atoms with Gasteiger partial charge in [0, 0.05) is 47.7 Å². The number of fused-ring (bicyclic) bond motifs is 3. The van der Waals surface area contributed by atoms with Crippen LogP contribution >= 0.6 is 11.6 Å². The van der Waals surface area contributed by atoms with E-state index in [0.29, 0.717) is 23.9 Å². The lowest BCUT2D eigenvalue weighted by atomic mass is 9.57. The van der Waals surface area contributed by atoms with Crippen molar-refractivity contribution < 1.29 is 17.6 Å². The fourth-order valence-electron chi connectivity index (χ4n) is 6.81. The van der Waals surface area contributed by atoms with E-state index in [1.54, 1.807) is 6.07 Å². The average molecular weight is 547 g/mol. The van der Waals surface area contributed by atoms with Crippen LogP contribution in [0.25, 0.3) is 5.69 Å². The third-order valence-electron chi connectivity index (χ3n) is 8.89. The molecule has 4 heterocycles. The molecule has 1 saturated heterocycles. The average Bonchev–Trinajstić information content (AvgIpc) is 3.08. The Morgan fingerprint density at radius 1 is 1.03 bits per heavy atom. The van der Waals surface area contributed by atoms with Gasteiger partial charge in [0.25, 0.3) is 0 Å². The monoisotopic (exact) mass is 546 g/mol. The number of rotatable bonds is 3. The number of pyridine rings is 1. The van der Waals surface area contributed by atoms with Crippen LogP contribution < -0.4 is 4.90 Å². The summed E-state index contributed by atoms with van der Waals surface area (Å²) in [6, 6.07) is 8.69. The number of aromatic nitrogens is 4. The van der Waals surface area contributed by atoms with E-state index in [4.69, 9.17) is 11.6 Å². The highest BCUT2D eigenvalue weighted by Gasteiger charge is 2.55. The molecular formula is C27H27ClF4N6. The number of nitrogens with zero attached hydrogens (tertiary/aromatic N) is 6. The molecule has 4 aliphatic rings. The van der Waals surface area contributed by atoms with Gasteiger partial charge in [0.2, 0.25) is 0 Å². The molecule has 2 aromatic heterocycles. The van der Waals surface area contributed by atoms with Gasteiger partial charge in [-0.05, 0) is 68.5 Å². The molecule has 0 unspecified atom stereocenters. The van der Waals surface area contributed by atoms with Crippen LogP contribution in [0.4, 0.5) is 23.4 Å². The molecule has 0 N–H and O–H groups in total.